The van der Waals surface area contributed by atoms with Gasteiger partial charge in [-0.1, -0.05) is 18.2 Å². The Hall–Kier alpha value is -3.04. The molecule has 0 unspecified atom stereocenters. The summed E-state index contributed by atoms with van der Waals surface area (Å²) < 4.78 is 32.2. The van der Waals surface area contributed by atoms with Crippen molar-refractivity contribution in [1.82, 2.24) is 14.7 Å². The van der Waals surface area contributed by atoms with Gasteiger partial charge in [-0.15, -0.1) is 0 Å². The summed E-state index contributed by atoms with van der Waals surface area (Å²) in [6.07, 6.45) is -0.856. The minimum atomic E-state index is -3.85. The maximum Gasteiger partial charge on any atom is 0.321 e. The Morgan fingerprint density at radius 2 is 1.90 bits per heavy atom. The Labute approximate surface area is 168 Å². The highest BCUT2D eigenvalue weighted by Crippen LogP contribution is 2.16. The van der Waals surface area contributed by atoms with Crippen LogP contribution in [0.3, 0.4) is 0 Å². The molecule has 0 aliphatic rings. The van der Waals surface area contributed by atoms with Crippen LogP contribution in [0.1, 0.15) is 30.0 Å². The lowest BCUT2D eigenvalue weighted by Gasteiger charge is -2.14. The number of esters is 1. The van der Waals surface area contributed by atoms with Crippen molar-refractivity contribution in [3.63, 3.8) is 0 Å². The molecule has 1 heterocycles. The van der Waals surface area contributed by atoms with E-state index in [2.05, 4.69) is 14.7 Å². The fourth-order valence-electron chi connectivity index (χ4n) is 2.71. The molecule has 0 radical (unpaired) electrons. The van der Waals surface area contributed by atoms with Crippen LogP contribution in [-0.2, 0) is 19.6 Å². The smallest absolute Gasteiger partial charge is 0.321 e. The van der Waals surface area contributed by atoms with Crippen LogP contribution in [0.25, 0.3) is 10.9 Å². The van der Waals surface area contributed by atoms with Crippen molar-refractivity contribution in [2.24, 2.45) is 0 Å². The van der Waals surface area contributed by atoms with Crippen molar-refractivity contribution in [1.29, 1.82) is 0 Å². The Kier molecular flexibility index (Phi) is 5.81. The number of nitrogens with one attached hydrogen (secondary N) is 2. The highest BCUT2D eigenvalue weighted by molar-refractivity contribution is 7.89. The number of rotatable bonds is 6. The fraction of sp³-hybridized carbons (Fsp3) is 0.250. The number of aromatic amines is 1. The van der Waals surface area contributed by atoms with Crippen LogP contribution in [0.2, 0.25) is 0 Å². The van der Waals surface area contributed by atoms with Crippen LogP contribution in [0.4, 0.5) is 0 Å². The molecule has 0 saturated heterocycles. The van der Waals surface area contributed by atoms with E-state index in [4.69, 9.17) is 4.74 Å². The number of carbonyl (C=O) groups is 1. The van der Waals surface area contributed by atoms with E-state index in [1.54, 1.807) is 37.3 Å². The predicted molar refractivity (Wildman–Crippen MR) is 108 cm³/mol. The van der Waals surface area contributed by atoms with Crippen molar-refractivity contribution >= 4 is 26.9 Å². The van der Waals surface area contributed by atoms with Gasteiger partial charge in [-0.3, -0.25) is 9.59 Å². The molecule has 8 nitrogen and oxygen atoms in total. The second-order valence-electron chi connectivity index (χ2n) is 6.67. The average Bonchev–Trinajstić information content (AvgIpc) is 2.68. The van der Waals surface area contributed by atoms with E-state index < -0.39 is 28.6 Å². The van der Waals surface area contributed by atoms with E-state index in [-0.39, 0.29) is 16.3 Å². The third-order valence-corrected chi connectivity index (χ3v) is 5.92. The number of aromatic nitrogens is 2. The largest absolute Gasteiger partial charge is 0.454 e. The number of nitrogens with zero attached hydrogens (tertiary/aromatic N) is 1. The summed E-state index contributed by atoms with van der Waals surface area (Å²) in [7, 11) is -3.85. The van der Waals surface area contributed by atoms with Crippen LogP contribution in [0.15, 0.2) is 52.2 Å². The number of H-pyrrole nitrogens is 1. The lowest BCUT2D eigenvalue weighted by molar-refractivity contribution is -0.147. The Bertz CT molecular complexity index is 1230. The Balaban J connectivity index is 1.67. The SMILES string of the molecule is Cc1ccc(S(=O)(=O)NCC(=O)O[C@@H](C)c2nc3ccccc3c(=O)[nH]2)cc1C. The zero-order chi connectivity index (χ0) is 21.2. The van der Waals surface area contributed by atoms with Crippen molar-refractivity contribution in [3.05, 3.63) is 69.8 Å². The number of sulfonamides is 1. The van der Waals surface area contributed by atoms with Crippen LogP contribution in [-0.4, -0.2) is 30.9 Å². The summed E-state index contributed by atoms with van der Waals surface area (Å²) in [5.74, 6) is -0.611. The molecule has 9 heteroatoms. The van der Waals surface area contributed by atoms with Gasteiger partial charge >= 0.3 is 5.97 Å². The van der Waals surface area contributed by atoms with Gasteiger partial charge in [0, 0.05) is 0 Å². The quantitative estimate of drug-likeness (QED) is 0.596. The van der Waals surface area contributed by atoms with Crippen LogP contribution >= 0.6 is 0 Å². The van der Waals surface area contributed by atoms with E-state index >= 15 is 0 Å². The molecule has 0 aliphatic heterocycles. The first-order valence-corrected chi connectivity index (χ1v) is 10.4. The molecule has 0 amide bonds. The Morgan fingerprint density at radius 3 is 2.62 bits per heavy atom. The molecular weight excluding hydrogens is 394 g/mol. The van der Waals surface area contributed by atoms with Crippen molar-refractivity contribution in [3.8, 4) is 0 Å². The normalized spacial score (nSPS) is 12.7. The van der Waals surface area contributed by atoms with Crippen molar-refractivity contribution in [2.75, 3.05) is 6.54 Å². The minimum Gasteiger partial charge on any atom is -0.454 e. The van der Waals surface area contributed by atoms with Crippen LogP contribution in [0, 0.1) is 13.8 Å². The zero-order valence-electron chi connectivity index (χ0n) is 16.2. The first-order chi connectivity index (χ1) is 13.7. The monoisotopic (exact) mass is 415 g/mol. The first-order valence-electron chi connectivity index (χ1n) is 8.93. The molecule has 0 bridgehead atoms. The molecule has 0 spiro atoms. The van der Waals surface area contributed by atoms with Crippen molar-refractivity contribution in [2.45, 2.75) is 31.8 Å². The molecule has 0 aliphatic carbocycles. The fourth-order valence-corrected chi connectivity index (χ4v) is 3.76. The highest BCUT2D eigenvalue weighted by Gasteiger charge is 2.19. The number of ether oxygens (including phenoxy) is 1. The summed E-state index contributed by atoms with van der Waals surface area (Å²) in [6, 6.07) is 11.5. The second-order valence-corrected chi connectivity index (χ2v) is 8.44. The molecule has 3 aromatic rings. The number of fused-ring (bicyclic) bond motifs is 1. The summed E-state index contributed by atoms with van der Waals surface area (Å²) in [5, 5.41) is 0.427. The van der Waals surface area contributed by atoms with Gasteiger partial charge in [0.2, 0.25) is 10.0 Å². The zero-order valence-corrected chi connectivity index (χ0v) is 17.0. The highest BCUT2D eigenvalue weighted by atomic mass is 32.2. The summed E-state index contributed by atoms with van der Waals surface area (Å²) in [5.41, 5.74) is 1.93. The van der Waals surface area contributed by atoms with Crippen LogP contribution < -0.4 is 10.3 Å². The van der Waals surface area contributed by atoms with Gasteiger partial charge in [0.05, 0.1) is 15.8 Å². The van der Waals surface area contributed by atoms with E-state index in [1.807, 2.05) is 13.8 Å². The molecule has 0 saturated carbocycles. The standard InChI is InChI=1S/C20H21N3O5S/c1-12-8-9-15(10-13(12)2)29(26,27)21-11-18(24)28-14(3)19-22-17-7-5-4-6-16(17)20(25)23-19/h4-10,14,21H,11H2,1-3H3,(H,22,23,25)/t14-/m0/s1. The molecule has 0 fully saturated rings. The topological polar surface area (TPSA) is 118 Å². The summed E-state index contributed by atoms with van der Waals surface area (Å²) in [4.78, 5) is 31.2. The Morgan fingerprint density at radius 1 is 1.17 bits per heavy atom. The van der Waals surface area contributed by atoms with Crippen molar-refractivity contribution < 1.29 is 17.9 Å². The second kappa shape index (κ2) is 8.14. The van der Waals surface area contributed by atoms with Gasteiger partial charge in [0.1, 0.15) is 6.54 Å². The number of benzene rings is 2. The number of para-hydroxylation sites is 1. The third kappa shape index (κ3) is 4.69. The van der Waals surface area contributed by atoms with E-state index in [0.29, 0.717) is 10.9 Å². The third-order valence-electron chi connectivity index (χ3n) is 4.52. The maximum absolute atomic E-state index is 12.4. The number of hydrogen-bond acceptors (Lipinski definition) is 6. The molecule has 3 rings (SSSR count). The van der Waals surface area contributed by atoms with E-state index in [0.717, 1.165) is 11.1 Å². The summed E-state index contributed by atoms with van der Waals surface area (Å²) >= 11 is 0. The van der Waals surface area contributed by atoms with Gasteiger partial charge in [-0.05, 0) is 56.2 Å². The van der Waals surface area contributed by atoms with Gasteiger partial charge in [-0.25, -0.2) is 13.4 Å². The molecule has 1 atom stereocenters. The van der Waals surface area contributed by atoms with Gasteiger partial charge in [-0.2, -0.15) is 4.72 Å². The lowest BCUT2D eigenvalue weighted by atomic mass is 10.1. The molecule has 152 valence electrons. The number of aryl methyl sites for hydroxylation is 2. The number of hydrogen-bond donors (Lipinski definition) is 2. The van der Waals surface area contributed by atoms with E-state index in [9.17, 15) is 18.0 Å². The molecule has 1 aromatic heterocycles. The summed E-state index contributed by atoms with van der Waals surface area (Å²) in [6.45, 7) is 4.69. The number of carbonyl (C=O) groups excluding carboxylic acids is 1. The molecule has 29 heavy (non-hydrogen) atoms. The first kappa shape index (κ1) is 20.7. The van der Waals surface area contributed by atoms with E-state index in [1.165, 1.54) is 12.1 Å². The minimum absolute atomic E-state index is 0.0713. The van der Waals surface area contributed by atoms with Gasteiger partial charge < -0.3 is 9.72 Å². The van der Waals surface area contributed by atoms with Gasteiger partial charge in [0.15, 0.2) is 11.9 Å². The molecule has 2 aromatic carbocycles. The molecular formula is C20H21N3O5S. The lowest BCUT2D eigenvalue weighted by Crippen LogP contribution is -2.31. The average molecular weight is 415 g/mol. The maximum atomic E-state index is 12.4. The predicted octanol–water partition coefficient (Wildman–Crippen LogP) is 2.12. The van der Waals surface area contributed by atoms with Gasteiger partial charge in [0.25, 0.3) is 5.56 Å². The van der Waals surface area contributed by atoms with Crippen LogP contribution in [0.5, 0.6) is 0 Å². The molecule has 2 N–H and O–H groups in total.